The van der Waals surface area contributed by atoms with E-state index in [1.165, 1.54) is 11.3 Å². The Morgan fingerprint density at radius 3 is 2.93 bits per heavy atom. The molecular weight excluding hydrogens is 420 g/mol. The normalized spacial score (nSPS) is 18.2. The quantitative estimate of drug-likeness (QED) is 0.586. The van der Waals surface area contributed by atoms with Gasteiger partial charge in [0, 0.05) is 25.6 Å². The lowest BCUT2D eigenvalue weighted by atomic mass is 10.1. The molecule has 0 aromatic carbocycles. The van der Waals surface area contributed by atoms with Crippen LogP contribution in [0.25, 0.3) is 11.2 Å². The maximum atomic E-state index is 12.0. The number of hydrogen-bond acceptors (Lipinski definition) is 6. The molecule has 4 rings (SSSR count). The molecule has 9 heteroatoms. The summed E-state index contributed by atoms with van der Waals surface area (Å²) in [4.78, 5) is 26.8. The summed E-state index contributed by atoms with van der Waals surface area (Å²) >= 11 is 7.42. The van der Waals surface area contributed by atoms with Crippen LogP contribution in [-0.2, 0) is 4.79 Å². The van der Waals surface area contributed by atoms with Crippen LogP contribution in [0.2, 0.25) is 4.34 Å². The SMILES string of the molecule is CCCNc1nc(C#Cc2ccc(Cl)s2)nc2c1ncn2C1CCC(C(=O)NC)C1. The molecule has 7 nitrogen and oxygen atoms in total. The standard InChI is InChI=1S/C21H23ClN6OS/c1-3-10-24-19-18-20(27-17(26-19)9-7-15-6-8-16(22)30-15)28(12-25-18)14-5-4-13(11-14)21(29)23-2/h6,8,12-14H,3-5,10-11H2,1-2H3,(H,23,29)(H,24,26,27). The van der Waals surface area contributed by atoms with E-state index in [0.717, 1.165) is 48.3 Å². The van der Waals surface area contributed by atoms with E-state index in [4.69, 9.17) is 16.6 Å². The lowest BCUT2D eigenvalue weighted by Gasteiger charge is -2.13. The molecule has 2 unspecified atom stereocenters. The second-order valence-electron chi connectivity index (χ2n) is 7.28. The second-order valence-corrected chi connectivity index (χ2v) is 8.99. The molecule has 1 amide bonds. The van der Waals surface area contributed by atoms with Crippen LogP contribution in [-0.4, -0.2) is 39.0 Å². The molecule has 156 valence electrons. The number of hydrogen-bond donors (Lipinski definition) is 2. The van der Waals surface area contributed by atoms with Gasteiger partial charge in [-0.15, -0.1) is 11.3 Å². The smallest absolute Gasteiger partial charge is 0.222 e. The molecule has 1 aliphatic rings. The topological polar surface area (TPSA) is 84.7 Å². The minimum absolute atomic E-state index is 0.0276. The summed E-state index contributed by atoms with van der Waals surface area (Å²) in [5, 5.41) is 6.10. The van der Waals surface area contributed by atoms with Gasteiger partial charge in [-0.25, -0.2) is 15.0 Å². The van der Waals surface area contributed by atoms with Gasteiger partial charge in [-0.3, -0.25) is 4.79 Å². The number of nitrogens with zero attached hydrogens (tertiary/aromatic N) is 4. The molecule has 2 N–H and O–H groups in total. The van der Waals surface area contributed by atoms with Gasteiger partial charge in [0.05, 0.1) is 15.5 Å². The minimum Gasteiger partial charge on any atom is -0.368 e. The zero-order valence-electron chi connectivity index (χ0n) is 16.9. The summed E-state index contributed by atoms with van der Waals surface area (Å²) < 4.78 is 2.77. The number of aromatic nitrogens is 4. The average molecular weight is 443 g/mol. The van der Waals surface area contributed by atoms with Crippen molar-refractivity contribution in [1.82, 2.24) is 24.8 Å². The Morgan fingerprint density at radius 1 is 1.33 bits per heavy atom. The molecule has 1 aliphatic carbocycles. The number of nitrogens with one attached hydrogen (secondary N) is 2. The first-order valence-corrected chi connectivity index (χ1v) is 11.3. The van der Waals surface area contributed by atoms with E-state index in [2.05, 4.69) is 43.9 Å². The summed E-state index contributed by atoms with van der Waals surface area (Å²) in [6, 6.07) is 3.89. The van der Waals surface area contributed by atoms with Crippen LogP contribution < -0.4 is 10.6 Å². The third kappa shape index (κ3) is 4.27. The van der Waals surface area contributed by atoms with Crippen molar-refractivity contribution in [2.45, 2.75) is 38.6 Å². The summed E-state index contributed by atoms with van der Waals surface area (Å²) in [6.45, 7) is 2.89. The van der Waals surface area contributed by atoms with Crippen molar-refractivity contribution in [3.05, 3.63) is 33.5 Å². The van der Waals surface area contributed by atoms with E-state index in [0.29, 0.717) is 16.0 Å². The third-order valence-electron chi connectivity index (χ3n) is 5.25. The fourth-order valence-electron chi connectivity index (χ4n) is 3.76. The lowest BCUT2D eigenvalue weighted by Crippen LogP contribution is -2.25. The molecule has 0 radical (unpaired) electrons. The molecule has 0 spiro atoms. The van der Waals surface area contributed by atoms with Gasteiger partial charge in [-0.1, -0.05) is 18.5 Å². The third-order valence-corrected chi connectivity index (χ3v) is 6.40. The Labute approximate surface area is 184 Å². The van der Waals surface area contributed by atoms with Crippen LogP contribution in [0.1, 0.15) is 49.4 Å². The number of amides is 1. The van der Waals surface area contributed by atoms with E-state index >= 15 is 0 Å². The highest BCUT2D eigenvalue weighted by atomic mass is 35.5. The predicted octanol–water partition coefficient (Wildman–Crippen LogP) is 3.85. The first-order valence-electron chi connectivity index (χ1n) is 10.1. The maximum absolute atomic E-state index is 12.0. The molecule has 0 saturated heterocycles. The number of thiophene rings is 1. The number of fused-ring (bicyclic) bond motifs is 1. The van der Waals surface area contributed by atoms with Crippen molar-refractivity contribution < 1.29 is 4.79 Å². The van der Waals surface area contributed by atoms with Crippen molar-refractivity contribution in [3.63, 3.8) is 0 Å². The Balaban J connectivity index is 1.70. The van der Waals surface area contributed by atoms with Crippen molar-refractivity contribution in [2.24, 2.45) is 5.92 Å². The summed E-state index contributed by atoms with van der Waals surface area (Å²) in [5.74, 6) is 7.41. The average Bonchev–Trinajstić information content (AvgIpc) is 3.49. The number of anilines is 1. The van der Waals surface area contributed by atoms with Crippen LogP contribution in [0.15, 0.2) is 18.5 Å². The molecule has 3 aromatic rings. The van der Waals surface area contributed by atoms with Crippen molar-refractivity contribution >= 4 is 45.8 Å². The monoisotopic (exact) mass is 442 g/mol. The zero-order chi connectivity index (χ0) is 21.1. The number of carbonyl (C=O) groups excluding carboxylic acids is 1. The minimum atomic E-state index is 0.0276. The van der Waals surface area contributed by atoms with E-state index < -0.39 is 0 Å². The Kier molecular flexibility index (Phi) is 6.21. The van der Waals surface area contributed by atoms with E-state index in [-0.39, 0.29) is 17.9 Å². The summed E-state index contributed by atoms with van der Waals surface area (Å²) in [5.41, 5.74) is 1.48. The molecule has 3 heterocycles. The van der Waals surface area contributed by atoms with Gasteiger partial charge >= 0.3 is 0 Å². The van der Waals surface area contributed by atoms with Gasteiger partial charge in [-0.2, -0.15) is 0 Å². The Bertz CT molecular complexity index is 1130. The largest absolute Gasteiger partial charge is 0.368 e. The summed E-state index contributed by atoms with van der Waals surface area (Å²) in [6.07, 6.45) is 5.34. The van der Waals surface area contributed by atoms with Gasteiger partial charge < -0.3 is 15.2 Å². The Hall–Kier alpha value is -2.63. The molecule has 3 aromatic heterocycles. The number of rotatable bonds is 5. The van der Waals surface area contributed by atoms with Crippen LogP contribution >= 0.6 is 22.9 Å². The van der Waals surface area contributed by atoms with Gasteiger partial charge in [-0.05, 0) is 49.7 Å². The van der Waals surface area contributed by atoms with Gasteiger partial charge in [0.2, 0.25) is 11.7 Å². The highest BCUT2D eigenvalue weighted by molar-refractivity contribution is 7.16. The predicted molar refractivity (Wildman–Crippen MR) is 120 cm³/mol. The van der Waals surface area contributed by atoms with Gasteiger partial charge in [0.1, 0.15) is 0 Å². The molecule has 30 heavy (non-hydrogen) atoms. The fourth-order valence-corrected chi connectivity index (χ4v) is 4.65. The van der Waals surface area contributed by atoms with E-state index in [1.807, 2.05) is 18.5 Å². The molecule has 0 aliphatic heterocycles. The molecule has 2 atom stereocenters. The number of halogens is 1. The summed E-state index contributed by atoms with van der Waals surface area (Å²) in [7, 11) is 1.69. The van der Waals surface area contributed by atoms with Crippen LogP contribution in [0.4, 0.5) is 5.82 Å². The van der Waals surface area contributed by atoms with Crippen molar-refractivity contribution in [2.75, 3.05) is 18.9 Å². The van der Waals surface area contributed by atoms with E-state index in [9.17, 15) is 4.79 Å². The molecule has 0 bridgehead atoms. The lowest BCUT2D eigenvalue weighted by molar-refractivity contribution is -0.124. The molecule has 1 saturated carbocycles. The second kappa shape index (κ2) is 9.02. The highest BCUT2D eigenvalue weighted by Crippen LogP contribution is 2.36. The first kappa shape index (κ1) is 20.6. The maximum Gasteiger partial charge on any atom is 0.222 e. The Morgan fingerprint density at radius 2 is 2.20 bits per heavy atom. The first-order chi connectivity index (χ1) is 14.6. The van der Waals surface area contributed by atoms with Crippen molar-refractivity contribution in [3.8, 4) is 11.8 Å². The number of imidazole rings is 1. The van der Waals surface area contributed by atoms with Crippen LogP contribution in [0.3, 0.4) is 0 Å². The van der Waals surface area contributed by atoms with E-state index in [1.54, 1.807) is 7.05 Å². The van der Waals surface area contributed by atoms with Gasteiger partial charge in [0.15, 0.2) is 17.0 Å². The fraction of sp³-hybridized carbons (Fsp3) is 0.429. The van der Waals surface area contributed by atoms with Crippen molar-refractivity contribution in [1.29, 1.82) is 0 Å². The van der Waals surface area contributed by atoms with Crippen LogP contribution in [0.5, 0.6) is 0 Å². The van der Waals surface area contributed by atoms with Gasteiger partial charge in [0.25, 0.3) is 0 Å². The number of carbonyl (C=O) groups is 1. The molecule has 1 fully saturated rings. The van der Waals surface area contributed by atoms with Crippen LogP contribution in [0, 0.1) is 17.8 Å². The zero-order valence-corrected chi connectivity index (χ0v) is 18.5. The molecular formula is C21H23ClN6OS. The highest BCUT2D eigenvalue weighted by Gasteiger charge is 2.31.